The fourth-order valence-electron chi connectivity index (χ4n) is 5.86. The third-order valence-corrected chi connectivity index (χ3v) is 7.19. The van der Waals surface area contributed by atoms with Gasteiger partial charge in [0.15, 0.2) is 0 Å². The number of hydrogen-bond acceptors (Lipinski definition) is 2. The van der Waals surface area contributed by atoms with Gasteiger partial charge in [-0.1, -0.05) is 91.0 Å². The molecule has 3 aliphatic rings. The van der Waals surface area contributed by atoms with E-state index < -0.39 is 0 Å². The van der Waals surface area contributed by atoms with Crippen LogP contribution in [0.25, 0.3) is 5.57 Å². The van der Waals surface area contributed by atoms with Gasteiger partial charge < -0.3 is 0 Å². The number of benzene rings is 3. The quantitative estimate of drug-likeness (QED) is 0.422. The van der Waals surface area contributed by atoms with Crippen molar-refractivity contribution in [2.75, 3.05) is 4.90 Å². The molecule has 2 amide bonds. The van der Waals surface area contributed by atoms with Crippen LogP contribution in [-0.2, 0) is 9.59 Å². The van der Waals surface area contributed by atoms with E-state index in [2.05, 4.69) is 36.4 Å². The van der Waals surface area contributed by atoms with Gasteiger partial charge in [-0.15, -0.1) is 0 Å². The molecule has 1 saturated heterocycles. The van der Waals surface area contributed by atoms with Crippen LogP contribution >= 0.6 is 0 Å². The van der Waals surface area contributed by atoms with Crippen LogP contribution in [0.5, 0.6) is 0 Å². The molecule has 4 atom stereocenters. The first-order chi connectivity index (χ1) is 15.7. The lowest BCUT2D eigenvalue weighted by molar-refractivity contribution is -0.122. The summed E-state index contributed by atoms with van der Waals surface area (Å²) in [6.45, 7) is 1.95. The number of anilines is 1. The van der Waals surface area contributed by atoms with E-state index in [9.17, 15) is 9.59 Å². The largest absolute Gasteiger partial charge is 0.274 e. The molecule has 2 aliphatic carbocycles. The first-order valence-electron chi connectivity index (χ1n) is 11.1. The highest BCUT2D eigenvalue weighted by atomic mass is 16.2. The zero-order valence-corrected chi connectivity index (χ0v) is 17.8. The lowest BCUT2D eigenvalue weighted by Crippen LogP contribution is -2.33. The summed E-state index contributed by atoms with van der Waals surface area (Å²) in [5.74, 6) is -0.880. The Labute approximate surface area is 187 Å². The van der Waals surface area contributed by atoms with E-state index in [0.717, 1.165) is 22.3 Å². The summed E-state index contributed by atoms with van der Waals surface area (Å²) in [4.78, 5) is 28.7. The van der Waals surface area contributed by atoms with Gasteiger partial charge in [0.25, 0.3) is 0 Å². The lowest BCUT2D eigenvalue weighted by Gasteiger charge is -2.22. The maximum atomic E-state index is 13.6. The minimum absolute atomic E-state index is 0.0501. The Morgan fingerprint density at radius 2 is 1.12 bits per heavy atom. The molecule has 1 heterocycles. The van der Waals surface area contributed by atoms with Gasteiger partial charge in [0, 0.05) is 11.8 Å². The number of allylic oxidation sites excluding steroid dienone is 3. The number of rotatable bonds is 3. The van der Waals surface area contributed by atoms with Gasteiger partial charge in [0.2, 0.25) is 11.8 Å². The Morgan fingerprint density at radius 1 is 0.656 bits per heavy atom. The summed E-state index contributed by atoms with van der Waals surface area (Å²) in [5, 5.41) is 0. The van der Waals surface area contributed by atoms with Gasteiger partial charge in [-0.3, -0.25) is 9.59 Å². The first-order valence-corrected chi connectivity index (χ1v) is 11.1. The van der Waals surface area contributed by atoms with Gasteiger partial charge in [-0.2, -0.15) is 0 Å². The molecule has 1 saturated carbocycles. The van der Waals surface area contributed by atoms with Gasteiger partial charge in [-0.25, -0.2) is 4.90 Å². The summed E-state index contributed by atoms with van der Waals surface area (Å²) in [6.07, 6.45) is 4.30. The maximum absolute atomic E-state index is 13.6. The fourth-order valence-corrected chi connectivity index (χ4v) is 5.86. The number of fused-ring (bicyclic) bond motifs is 5. The Kier molecular flexibility index (Phi) is 4.25. The summed E-state index contributed by atoms with van der Waals surface area (Å²) < 4.78 is 0. The van der Waals surface area contributed by atoms with Crippen molar-refractivity contribution in [2.24, 2.45) is 23.7 Å². The normalized spacial score (nSPS) is 25.5. The number of carbonyl (C=O) groups excluding carboxylic acids is 2. The van der Waals surface area contributed by atoms with Crippen LogP contribution in [0.15, 0.2) is 103 Å². The molecule has 3 aromatic rings. The zero-order chi connectivity index (χ0) is 21.8. The topological polar surface area (TPSA) is 37.4 Å². The number of nitrogens with zero attached hydrogens (tertiary/aromatic N) is 1. The van der Waals surface area contributed by atoms with Crippen molar-refractivity contribution in [1.29, 1.82) is 0 Å². The fraction of sp³-hybridized carbons (Fsp3) is 0.172. The molecule has 0 unspecified atom stereocenters. The standard InChI is InChI=1S/C29H23NO2/c1-18-10-8-9-15-23(18)30-28(31)26-21-16-17-22(27(26)29(30)32)25(21)24(19-11-4-2-5-12-19)20-13-6-3-7-14-20/h2-17,21-22,26-27H,1H3/t21-,22-,26+,27+/m0/s1. The molecule has 3 nitrogen and oxygen atoms in total. The highest BCUT2D eigenvalue weighted by Crippen LogP contribution is 2.59. The van der Waals surface area contributed by atoms with Crippen LogP contribution in [-0.4, -0.2) is 11.8 Å². The SMILES string of the molecule is Cc1ccccc1N1C(=O)[C@H]2[C@H](C1=O)[C@H]1C=C[C@H]2C1=C(c1ccccc1)c1ccccc1. The Bertz CT molecular complexity index is 1210. The molecule has 3 heteroatoms. The van der Waals surface area contributed by atoms with Crippen molar-refractivity contribution >= 4 is 23.1 Å². The van der Waals surface area contributed by atoms with Crippen LogP contribution in [0, 0.1) is 30.6 Å². The average molecular weight is 418 g/mol. The second-order valence-electron chi connectivity index (χ2n) is 8.85. The van der Waals surface area contributed by atoms with Crippen molar-refractivity contribution in [3.05, 3.63) is 119 Å². The van der Waals surface area contributed by atoms with Crippen molar-refractivity contribution in [1.82, 2.24) is 0 Å². The van der Waals surface area contributed by atoms with E-state index in [4.69, 9.17) is 0 Å². The number of hydrogen-bond donors (Lipinski definition) is 0. The predicted molar refractivity (Wildman–Crippen MR) is 126 cm³/mol. The Balaban J connectivity index is 1.50. The predicted octanol–water partition coefficient (Wildman–Crippen LogP) is 5.42. The van der Waals surface area contributed by atoms with Crippen LogP contribution in [0.4, 0.5) is 5.69 Å². The molecular weight excluding hydrogens is 394 g/mol. The highest BCUT2D eigenvalue weighted by molar-refractivity contribution is 6.23. The second kappa shape index (κ2) is 7.16. The number of aryl methyl sites for hydroxylation is 1. The van der Waals surface area contributed by atoms with Gasteiger partial charge in [0.05, 0.1) is 17.5 Å². The van der Waals surface area contributed by atoms with Crippen LogP contribution in [0.2, 0.25) is 0 Å². The minimum Gasteiger partial charge on any atom is -0.274 e. The highest BCUT2D eigenvalue weighted by Gasteiger charge is 2.62. The van der Waals surface area contributed by atoms with Gasteiger partial charge >= 0.3 is 0 Å². The molecular formula is C29H23NO2. The Hall–Kier alpha value is -3.72. The number of para-hydroxylation sites is 1. The Morgan fingerprint density at radius 3 is 1.62 bits per heavy atom. The van der Waals surface area contributed by atoms with E-state index in [1.165, 1.54) is 10.5 Å². The number of carbonyl (C=O) groups is 2. The summed E-state index contributed by atoms with van der Waals surface area (Å²) in [6, 6.07) is 28.3. The second-order valence-corrected chi connectivity index (χ2v) is 8.85. The molecule has 3 aromatic carbocycles. The summed E-state index contributed by atoms with van der Waals surface area (Å²) in [5.41, 5.74) is 6.28. The van der Waals surface area contributed by atoms with E-state index in [-0.39, 0.29) is 35.5 Å². The minimum atomic E-state index is -0.325. The summed E-state index contributed by atoms with van der Waals surface area (Å²) >= 11 is 0. The van der Waals surface area contributed by atoms with Crippen LogP contribution in [0.1, 0.15) is 16.7 Å². The van der Waals surface area contributed by atoms with E-state index in [1.807, 2.05) is 67.6 Å². The molecule has 2 fully saturated rings. The molecule has 0 N–H and O–H groups in total. The molecule has 32 heavy (non-hydrogen) atoms. The van der Waals surface area contributed by atoms with Gasteiger partial charge in [-0.05, 0) is 40.8 Å². The summed E-state index contributed by atoms with van der Waals surface area (Å²) in [7, 11) is 0. The molecule has 6 rings (SSSR count). The first kappa shape index (κ1) is 19.0. The number of imide groups is 1. The van der Waals surface area contributed by atoms with E-state index in [1.54, 1.807) is 0 Å². The third kappa shape index (κ3) is 2.61. The number of amides is 2. The van der Waals surface area contributed by atoms with Gasteiger partial charge in [0.1, 0.15) is 0 Å². The molecule has 0 aromatic heterocycles. The molecule has 1 aliphatic heterocycles. The molecule has 156 valence electrons. The maximum Gasteiger partial charge on any atom is 0.238 e. The van der Waals surface area contributed by atoms with Crippen LogP contribution in [0.3, 0.4) is 0 Å². The van der Waals surface area contributed by atoms with Crippen molar-refractivity contribution < 1.29 is 9.59 Å². The van der Waals surface area contributed by atoms with Crippen molar-refractivity contribution in [3.8, 4) is 0 Å². The van der Waals surface area contributed by atoms with E-state index in [0.29, 0.717) is 5.69 Å². The molecule has 0 spiro atoms. The van der Waals surface area contributed by atoms with Crippen molar-refractivity contribution in [2.45, 2.75) is 6.92 Å². The molecule has 0 radical (unpaired) electrons. The average Bonchev–Trinajstić information content (AvgIpc) is 3.46. The van der Waals surface area contributed by atoms with Crippen LogP contribution < -0.4 is 4.90 Å². The third-order valence-electron chi connectivity index (χ3n) is 7.19. The lowest BCUT2D eigenvalue weighted by atomic mass is 9.85. The molecule has 2 bridgehead atoms. The monoisotopic (exact) mass is 417 g/mol. The van der Waals surface area contributed by atoms with Crippen molar-refractivity contribution in [3.63, 3.8) is 0 Å². The smallest absolute Gasteiger partial charge is 0.238 e. The zero-order valence-electron chi connectivity index (χ0n) is 17.8. The van der Waals surface area contributed by atoms with E-state index >= 15 is 0 Å².